The number of aryl methyl sites for hydroxylation is 1. The summed E-state index contributed by atoms with van der Waals surface area (Å²) in [5, 5.41) is 12.4. The third-order valence-corrected chi connectivity index (χ3v) is 5.85. The van der Waals surface area contributed by atoms with E-state index in [2.05, 4.69) is 27.6 Å². The van der Waals surface area contributed by atoms with E-state index in [1.165, 1.54) is 11.8 Å². The van der Waals surface area contributed by atoms with Crippen LogP contribution in [0.4, 0.5) is 0 Å². The topological polar surface area (TPSA) is 82.2 Å². The molecule has 1 N–H and O–H groups in total. The second-order valence-corrected chi connectivity index (χ2v) is 7.94. The van der Waals surface area contributed by atoms with Crippen molar-refractivity contribution >= 4 is 17.7 Å². The zero-order chi connectivity index (χ0) is 20.1. The summed E-state index contributed by atoms with van der Waals surface area (Å²) in [4.78, 5) is 12.3. The van der Waals surface area contributed by atoms with Crippen molar-refractivity contribution in [1.29, 1.82) is 0 Å². The summed E-state index contributed by atoms with van der Waals surface area (Å²) >= 11 is 1.39. The van der Waals surface area contributed by atoms with Crippen LogP contribution in [0.3, 0.4) is 0 Å². The fourth-order valence-corrected chi connectivity index (χ4v) is 4.10. The van der Waals surface area contributed by atoms with Crippen molar-refractivity contribution in [2.75, 3.05) is 18.9 Å². The third-order valence-electron chi connectivity index (χ3n) is 4.88. The Hall–Kier alpha value is -2.58. The molecule has 1 aliphatic heterocycles. The van der Waals surface area contributed by atoms with Gasteiger partial charge in [-0.25, -0.2) is 0 Å². The number of amides is 1. The van der Waals surface area contributed by atoms with Gasteiger partial charge in [-0.05, 0) is 31.4 Å². The molecule has 0 spiro atoms. The third kappa shape index (κ3) is 4.89. The van der Waals surface area contributed by atoms with Crippen LogP contribution in [-0.2, 0) is 16.1 Å². The van der Waals surface area contributed by atoms with Gasteiger partial charge in [-0.3, -0.25) is 9.36 Å². The highest BCUT2D eigenvalue weighted by atomic mass is 32.2. The summed E-state index contributed by atoms with van der Waals surface area (Å²) in [7, 11) is 0. The molecule has 7 nitrogen and oxygen atoms in total. The smallest absolute Gasteiger partial charge is 0.230 e. The molecular weight excluding hydrogens is 388 g/mol. The summed E-state index contributed by atoms with van der Waals surface area (Å²) in [5.74, 6) is 1.78. The van der Waals surface area contributed by atoms with Crippen molar-refractivity contribution < 1.29 is 13.9 Å². The molecule has 1 aliphatic rings. The zero-order valence-electron chi connectivity index (χ0n) is 16.3. The molecule has 8 heteroatoms. The summed E-state index contributed by atoms with van der Waals surface area (Å²) in [6, 6.07) is 12.0. The van der Waals surface area contributed by atoms with Crippen molar-refractivity contribution in [2.24, 2.45) is 0 Å². The van der Waals surface area contributed by atoms with Gasteiger partial charge < -0.3 is 14.5 Å². The van der Waals surface area contributed by atoms with Crippen LogP contribution < -0.4 is 5.32 Å². The lowest BCUT2D eigenvalue weighted by Crippen LogP contribution is -2.32. The zero-order valence-corrected chi connectivity index (χ0v) is 17.2. The predicted molar refractivity (Wildman–Crippen MR) is 111 cm³/mol. The summed E-state index contributed by atoms with van der Waals surface area (Å²) < 4.78 is 13.0. The van der Waals surface area contributed by atoms with Gasteiger partial charge in [-0.2, -0.15) is 0 Å². The Labute approximate surface area is 173 Å². The van der Waals surface area contributed by atoms with Crippen LogP contribution in [0.15, 0.2) is 52.2 Å². The van der Waals surface area contributed by atoms with Crippen LogP contribution in [0.5, 0.6) is 0 Å². The van der Waals surface area contributed by atoms with Gasteiger partial charge in [0.05, 0.1) is 30.2 Å². The van der Waals surface area contributed by atoms with Gasteiger partial charge in [0.2, 0.25) is 5.91 Å². The number of rotatable bonds is 8. The molecule has 0 radical (unpaired) electrons. The first-order chi connectivity index (χ1) is 14.2. The molecule has 1 atom stereocenters. The molecule has 1 amide bonds. The van der Waals surface area contributed by atoms with E-state index in [9.17, 15) is 4.79 Å². The number of furan rings is 1. The van der Waals surface area contributed by atoms with E-state index in [-0.39, 0.29) is 17.8 Å². The number of carbonyl (C=O) groups excluding carboxylic acids is 1. The molecule has 152 valence electrons. The standard InChI is InChI=1S/C21H24N4O3S/c1-15-18(9-11-27-15)20-23-24-21(25(20)13-16-6-3-2-4-7-16)29-14-19(26)22-12-17-8-5-10-28-17/h2-4,6-7,9,11,17H,5,8,10,12-14H2,1H3,(H,22,26). The van der Waals surface area contributed by atoms with Crippen molar-refractivity contribution in [3.63, 3.8) is 0 Å². The Morgan fingerprint density at radius 1 is 1.28 bits per heavy atom. The van der Waals surface area contributed by atoms with Crippen LogP contribution in [0, 0.1) is 6.92 Å². The van der Waals surface area contributed by atoms with Gasteiger partial charge in [-0.15, -0.1) is 10.2 Å². The maximum atomic E-state index is 12.3. The van der Waals surface area contributed by atoms with E-state index in [4.69, 9.17) is 9.15 Å². The highest BCUT2D eigenvalue weighted by molar-refractivity contribution is 7.99. The minimum atomic E-state index is -0.0270. The monoisotopic (exact) mass is 412 g/mol. The molecule has 3 aromatic rings. The van der Waals surface area contributed by atoms with Gasteiger partial charge in [0, 0.05) is 13.2 Å². The number of benzene rings is 1. The molecule has 0 aliphatic carbocycles. The molecule has 2 aromatic heterocycles. The molecular formula is C21H24N4O3S. The quantitative estimate of drug-likeness (QED) is 0.572. The molecule has 3 heterocycles. The van der Waals surface area contributed by atoms with Crippen molar-refractivity contribution in [1.82, 2.24) is 20.1 Å². The molecule has 1 fully saturated rings. The molecule has 1 saturated heterocycles. The first-order valence-corrected chi connectivity index (χ1v) is 10.7. The van der Waals surface area contributed by atoms with Gasteiger partial charge in [0.1, 0.15) is 5.76 Å². The maximum absolute atomic E-state index is 12.3. The average molecular weight is 413 g/mol. The second-order valence-electron chi connectivity index (χ2n) is 7.00. The van der Waals surface area contributed by atoms with E-state index in [0.717, 1.165) is 42.2 Å². The van der Waals surface area contributed by atoms with E-state index >= 15 is 0 Å². The lowest BCUT2D eigenvalue weighted by molar-refractivity contribution is -0.119. The molecule has 4 rings (SSSR count). The summed E-state index contributed by atoms with van der Waals surface area (Å²) in [6.07, 6.45) is 3.86. The van der Waals surface area contributed by atoms with Crippen LogP contribution >= 0.6 is 11.8 Å². The van der Waals surface area contributed by atoms with Crippen molar-refractivity contribution in [3.8, 4) is 11.4 Å². The Balaban J connectivity index is 1.47. The van der Waals surface area contributed by atoms with Gasteiger partial charge in [-0.1, -0.05) is 42.1 Å². The van der Waals surface area contributed by atoms with E-state index < -0.39 is 0 Å². The Kier molecular flexibility index (Phi) is 6.31. The van der Waals surface area contributed by atoms with E-state index in [1.54, 1.807) is 6.26 Å². The normalized spacial score (nSPS) is 16.2. The van der Waals surface area contributed by atoms with Crippen molar-refractivity contribution in [3.05, 3.63) is 54.0 Å². The molecule has 29 heavy (non-hydrogen) atoms. The Bertz CT molecular complexity index is 948. The van der Waals surface area contributed by atoms with Crippen LogP contribution in [0.2, 0.25) is 0 Å². The lowest BCUT2D eigenvalue weighted by atomic mass is 10.2. The number of carbonyl (C=O) groups is 1. The number of ether oxygens (including phenoxy) is 1. The van der Waals surface area contributed by atoms with Gasteiger partial charge in [0.15, 0.2) is 11.0 Å². The predicted octanol–water partition coefficient (Wildman–Crippen LogP) is 3.28. The first kappa shape index (κ1) is 19.7. The molecule has 0 bridgehead atoms. The number of thioether (sulfide) groups is 1. The van der Waals surface area contributed by atoms with Crippen LogP contribution in [0.25, 0.3) is 11.4 Å². The minimum Gasteiger partial charge on any atom is -0.469 e. The summed E-state index contributed by atoms with van der Waals surface area (Å²) in [5.41, 5.74) is 2.04. The average Bonchev–Trinajstić information content (AvgIpc) is 3.47. The number of nitrogens with zero attached hydrogens (tertiary/aromatic N) is 3. The Morgan fingerprint density at radius 2 is 2.14 bits per heavy atom. The largest absolute Gasteiger partial charge is 0.469 e. The van der Waals surface area contributed by atoms with Gasteiger partial charge in [0.25, 0.3) is 0 Å². The number of hydrogen-bond acceptors (Lipinski definition) is 6. The highest BCUT2D eigenvalue weighted by Gasteiger charge is 2.20. The van der Waals surface area contributed by atoms with Crippen molar-refractivity contribution in [2.45, 2.75) is 37.6 Å². The fraction of sp³-hybridized carbons (Fsp3) is 0.381. The number of nitrogens with one attached hydrogen (secondary N) is 1. The SMILES string of the molecule is Cc1occc1-c1nnc(SCC(=O)NCC2CCCO2)n1Cc1ccccc1. The lowest BCUT2D eigenvalue weighted by Gasteiger charge is -2.12. The molecule has 1 aromatic carbocycles. The summed E-state index contributed by atoms with van der Waals surface area (Å²) in [6.45, 7) is 3.87. The number of hydrogen-bond donors (Lipinski definition) is 1. The fourth-order valence-electron chi connectivity index (χ4n) is 3.33. The highest BCUT2D eigenvalue weighted by Crippen LogP contribution is 2.28. The molecule has 1 unspecified atom stereocenters. The van der Waals surface area contributed by atoms with Crippen LogP contribution in [-0.4, -0.2) is 45.7 Å². The van der Waals surface area contributed by atoms with Crippen LogP contribution in [0.1, 0.15) is 24.2 Å². The van der Waals surface area contributed by atoms with E-state index in [1.807, 2.05) is 35.8 Å². The molecule has 0 saturated carbocycles. The Morgan fingerprint density at radius 3 is 2.86 bits per heavy atom. The maximum Gasteiger partial charge on any atom is 0.230 e. The van der Waals surface area contributed by atoms with Gasteiger partial charge >= 0.3 is 0 Å². The second kappa shape index (κ2) is 9.28. The first-order valence-electron chi connectivity index (χ1n) is 9.73. The number of aromatic nitrogens is 3. The minimum absolute atomic E-state index is 0.0270. The van der Waals surface area contributed by atoms with E-state index in [0.29, 0.717) is 18.2 Å².